The third kappa shape index (κ3) is 0.327. The van der Waals surface area contributed by atoms with Crippen LogP contribution in [0, 0.1) is 0 Å². The summed E-state index contributed by atoms with van der Waals surface area (Å²) in [5.74, 6) is 0.620. The summed E-state index contributed by atoms with van der Waals surface area (Å²) in [5, 5.41) is 9.87. The molecule has 0 aromatic heterocycles. The maximum Gasteiger partial charge on any atom is 0.393 e. The highest BCUT2D eigenvalue weighted by Gasteiger charge is 2.02. The molecule has 1 aliphatic heterocycles. The minimum absolute atomic E-state index is 0.620. The molecule has 0 N–H and O–H groups in total. The van der Waals surface area contributed by atoms with Crippen LogP contribution >= 0.6 is 0 Å². The highest BCUT2D eigenvalue weighted by atomic mass is 15.5. The van der Waals surface area contributed by atoms with Gasteiger partial charge < -0.3 is 0 Å². The Morgan fingerprint density at radius 3 is 2.67 bits per heavy atom. The zero-order chi connectivity index (χ0) is 4.41. The van der Waals surface area contributed by atoms with Crippen LogP contribution in [0.1, 0.15) is 6.92 Å². The van der Waals surface area contributed by atoms with Gasteiger partial charge in [-0.05, 0) is 0 Å². The number of nitrogens with zero attached hydrogens (tertiary/aromatic N) is 4. The number of hydrogen-bond acceptors (Lipinski definition) is 3. The topological polar surface area (TPSA) is 51.2 Å². The fourth-order valence-corrected chi connectivity index (χ4v) is 0.189. The second-order valence-electron chi connectivity index (χ2n) is 0.926. The molecule has 0 aromatic carbocycles. The number of hydrogen-bond donors (Lipinski definition) is 0. The first-order valence-electron chi connectivity index (χ1n) is 1.55. The van der Waals surface area contributed by atoms with Gasteiger partial charge in [-0.1, -0.05) is 0 Å². The maximum atomic E-state index is 3.44. The average molecular weight is 83.1 g/mol. The Hall–Kier alpha value is -1.02. The van der Waals surface area contributed by atoms with Gasteiger partial charge in [-0.15, -0.1) is 4.79 Å². The lowest BCUT2D eigenvalue weighted by Gasteiger charge is -1.44. The summed E-state index contributed by atoms with van der Waals surface area (Å²) in [6.45, 7) is 1.74. The molecular formula is C2H3N4+. The molecular weight excluding hydrogens is 80.0 g/mol. The van der Waals surface area contributed by atoms with Crippen LogP contribution in [0.25, 0.3) is 0 Å². The lowest BCUT2D eigenvalue weighted by molar-refractivity contribution is -0.0836. The molecule has 4 nitrogen and oxygen atoms in total. The first-order valence-corrected chi connectivity index (χ1v) is 1.55. The summed E-state index contributed by atoms with van der Waals surface area (Å²) in [7, 11) is 0. The van der Waals surface area contributed by atoms with Crippen molar-refractivity contribution >= 4 is 5.84 Å². The molecule has 0 fully saturated rings. The van der Waals surface area contributed by atoms with E-state index in [-0.39, 0.29) is 0 Å². The largest absolute Gasteiger partial charge is 0.393 e. The Balaban J connectivity index is 2.98. The van der Waals surface area contributed by atoms with E-state index in [2.05, 4.69) is 20.4 Å². The molecule has 30 valence electrons. The standard InChI is InChI=1S/C2H3N4/c1-2-3-5-6-4-2/h1H3/q+1. The third-order valence-corrected chi connectivity index (χ3v) is 0.419. The van der Waals surface area contributed by atoms with Crippen molar-refractivity contribution in [2.24, 2.45) is 15.6 Å². The van der Waals surface area contributed by atoms with E-state index in [1.165, 1.54) is 0 Å². The van der Waals surface area contributed by atoms with Crippen molar-refractivity contribution < 1.29 is 4.79 Å². The zero-order valence-electron chi connectivity index (χ0n) is 3.29. The van der Waals surface area contributed by atoms with Gasteiger partial charge >= 0.3 is 5.84 Å². The second-order valence-corrected chi connectivity index (χ2v) is 0.926. The van der Waals surface area contributed by atoms with Crippen LogP contribution < -0.4 is 0 Å². The van der Waals surface area contributed by atoms with Crippen LogP contribution in [0.5, 0.6) is 0 Å². The molecule has 0 radical (unpaired) electrons. The van der Waals surface area contributed by atoms with Crippen molar-refractivity contribution in [3.05, 3.63) is 0 Å². The van der Waals surface area contributed by atoms with Crippen molar-refractivity contribution in [3.8, 4) is 0 Å². The molecule has 0 spiro atoms. The lowest BCUT2D eigenvalue weighted by atomic mass is 10.7. The van der Waals surface area contributed by atoms with Crippen molar-refractivity contribution in [1.82, 2.24) is 0 Å². The third-order valence-electron chi connectivity index (χ3n) is 0.419. The van der Waals surface area contributed by atoms with Crippen LogP contribution in [0.3, 0.4) is 0 Å². The molecule has 1 aliphatic rings. The molecule has 0 saturated carbocycles. The summed E-state index contributed by atoms with van der Waals surface area (Å²) >= 11 is 0. The number of rotatable bonds is 0. The fourth-order valence-electron chi connectivity index (χ4n) is 0.189. The zero-order valence-corrected chi connectivity index (χ0v) is 3.29. The van der Waals surface area contributed by atoms with Crippen LogP contribution in [-0.2, 0) is 0 Å². The van der Waals surface area contributed by atoms with Crippen molar-refractivity contribution in [2.45, 2.75) is 6.92 Å². The molecule has 0 amide bonds. The SMILES string of the molecule is CC1=[N+]=NN=N1. The Bertz CT molecular complexity index is 138. The van der Waals surface area contributed by atoms with Crippen LogP contribution in [-0.4, -0.2) is 10.6 Å². The summed E-state index contributed by atoms with van der Waals surface area (Å²) < 4.78 is 0. The highest BCUT2D eigenvalue weighted by molar-refractivity contribution is 5.73. The van der Waals surface area contributed by atoms with Gasteiger partial charge in [0.15, 0.2) is 0 Å². The molecule has 0 aromatic rings. The molecule has 0 atom stereocenters. The van der Waals surface area contributed by atoms with Crippen molar-refractivity contribution in [1.29, 1.82) is 0 Å². The molecule has 4 heteroatoms. The molecule has 6 heavy (non-hydrogen) atoms. The Morgan fingerprint density at radius 2 is 2.50 bits per heavy atom. The Kier molecular flexibility index (Phi) is 0.524. The lowest BCUT2D eigenvalue weighted by Crippen LogP contribution is -1.76. The van der Waals surface area contributed by atoms with Crippen molar-refractivity contribution in [2.75, 3.05) is 0 Å². The van der Waals surface area contributed by atoms with E-state index < -0.39 is 0 Å². The van der Waals surface area contributed by atoms with Crippen LogP contribution in [0.15, 0.2) is 15.6 Å². The number of amidine groups is 1. The van der Waals surface area contributed by atoms with E-state index in [1.807, 2.05) is 0 Å². The molecule has 1 heterocycles. The maximum absolute atomic E-state index is 3.44. The van der Waals surface area contributed by atoms with Gasteiger partial charge in [-0.25, -0.2) is 0 Å². The smallest absolute Gasteiger partial charge is 0.106 e. The predicted molar refractivity (Wildman–Crippen MR) is 18.2 cm³/mol. The monoisotopic (exact) mass is 83.0 g/mol. The summed E-state index contributed by atoms with van der Waals surface area (Å²) in [5.41, 5.74) is 0. The summed E-state index contributed by atoms with van der Waals surface area (Å²) in [6, 6.07) is 0. The predicted octanol–water partition coefficient (Wildman–Crippen LogP) is 0.446. The quantitative estimate of drug-likeness (QED) is 0.382. The van der Waals surface area contributed by atoms with Crippen LogP contribution in [0.2, 0.25) is 0 Å². The van der Waals surface area contributed by atoms with Gasteiger partial charge in [-0.3, -0.25) is 0 Å². The molecule has 1 rings (SSSR count). The van der Waals surface area contributed by atoms with Crippen LogP contribution in [0.4, 0.5) is 0 Å². The molecule has 0 aliphatic carbocycles. The van der Waals surface area contributed by atoms with E-state index >= 15 is 0 Å². The van der Waals surface area contributed by atoms with E-state index in [0.717, 1.165) is 0 Å². The molecule has 0 unspecified atom stereocenters. The Labute approximate surface area is 34.3 Å². The van der Waals surface area contributed by atoms with E-state index in [9.17, 15) is 0 Å². The fraction of sp³-hybridized carbons (Fsp3) is 0.500. The van der Waals surface area contributed by atoms with Gasteiger partial charge in [0.1, 0.15) is 5.11 Å². The van der Waals surface area contributed by atoms with E-state index in [4.69, 9.17) is 0 Å². The minimum atomic E-state index is 0.620. The van der Waals surface area contributed by atoms with Crippen molar-refractivity contribution in [3.63, 3.8) is 0 Å². The average Bonchev–Trinajstić information content (AvgIpc) is 1.86. The molecule has 0 bridgehead atoms. The van der Waals surface area contributed by atoms with Gasteiger partial charge in [0.2, 0.25) is 10.4 Å². The summed E-state index contributed by atoms with van der Waals surface area (Å²) in [4.78, 5) is 3.44. The first kappa shape index (κ1) is 3.18. The van der Waals surface area contributed by atoms with E-state index in [1.54, 1.807) is 6.92 Å². The molecule has 0 saturated heterocycles. The Morgan fingerprint density at radius 1 is 1.67 bits per heavy atom. The normalized spacial score (nSPS) is 15.8. The van der Waals surface area contributed by atoms with Gasteiger partial charge in [0, 0.05) is 6.92 Å². The minimum Gasteiger partial charge on any atom is -0.106 e. The van der Waals surface area contributed by atoms with Gasteiger partial charge in [0.05, 0.1) is 0 Å². The van der Waals surface area contributed by atoms with Gasteiger partial charge in [0.25, 0.3) is 0 Å². The first-order chi connectivity index (χ1) is 2.89. The van der Waals surface area contributed by atoms with Gasteiger partial charge in [-0.2, -0.15) is 0 Å². The second kappa shape index (κ2) is 0.988. The van der Waals surface area contributed by atoms with E-state index in [0.29, 0.717) is 5.84 Å². The highest BCUT2D eigenvalue weighted by Crippen LogP contribution is 1.81. The summed E-state index contributed by atoms with van der Waals surface area (Å²) in [6.07, 6.45) is 0.